The van der Waals surface area contributed by atoms with Crippen LogP contribution in [-0.4, -0.2) is 19.6 Å². The SMILES string of the molecule is Cc1nc(NCc2ccc(Cl)s2)cc2n[nH]c(=O)n12. The molecule has 98 valence electrons. The molecule has 6 nitrogen and oxygen atoms in total. The smallest absolute Gasteiger partial charge is 0.349 e. The molecule has 8 heteroatoms. The Bertz CT molecular complexity index is 790. The summed E-state index contributed by atoms with van der Waals surface area (Å²) >= 11 is 7.39. The standard InChI is InChI=1S/C11H10ClN5OS/c1-6-14-9(4-10-15-16-11(18)17(6)10)13-5-7-2-3-8(12)19-7/h2-4,13H,5H2,1H3,(H,16,18). The van der Waals surface area contributed by atoms with Gasteiger partial charge in [0.1, 0.15) is 11.6 Å². The number of aromatic nitrogens is 4. The summed E-state index contributed by atoms with van der Waals surface area (Å²) in [5.41, 5.74) is 0.265. The van der Waals surface area contributed by atoms with Crippen LogP contribution in [0, 0.1) is 6.92 Å². The van der Waals surface area contributed by atoms with E-state index in [4.69, 9.17) is 11.6 Å². The number of rotatable bonds is 3. The second-order valence-electron chi connectivity index (χ2n) is 3.97. The lowest BCUT2D eigenvalue weighted by molar-refractivity contribution is 0.932. The van der Waals surface area contributed by atoms with Gasteiger partial charge in [-0.2, -0.15) is 5.10 Å². The van der Waals surface area contributed by atoms with Gasteiger partial charge in [0.05, 0.1) is 10.9 Å². The lowest BCUT2D eigenvalue weighted by Crippen LogP contribution is -2.14. The zero-order valence-electron chi connectivity index (χ0n) is 9.98. The maximum Gasteiger partial charge on any atom is 0.349 e. The average molecular weight is 296 g/mol. The van der Waals surface area contributed by atoms with Crippen LogP contribution >= 0.6 is 22.9 Å². The third-order valence-electron chi connectivity index (χ3n) is 2.64. The summed E-state index contributed by atoms with van der Waals surface area (Å²) in [6, 6.07) is 5.54. The van der Waals surface area contributed by atoms with E-state index in [-0.39, 0.29) is 5.69 Å². The molecular weight excluding hydrogens is 286 g/mol. The number of H-pyrrole nitrogens is 1. The van der Waals surface area contributed by atoms with Crippen LogP contribution in [0.15, 0.2) is 23.0 Å². The monoisotopic (exact) mass is 295 g/mol. The maximum atomic E-state index is 11.5. The summed E-state index contributed by atoms with van der Waals surface area (Å²) in [6.07, 6.45) is 0. The minimum absolute atomic E-state index is 0.281. The minimum Gasteiger partial charge on any atom is -0.365 e. The first-order valence-corrected chi connectivity index (χ1v) is 6.76. The highest BCUT2D eigenvalue weighted by Crippen LogP contribution is 2.22. The quantitative estimate of drug-likeness (QED) is 0.775. The lowest BCUT2D eigenvalue weighted by atomic mass is 10.4. The van der Waals surface area contributed by atoms with Crippen LogP contribution in [-0.2, 0) is 6.54 Å². The Labute approximate surface area is 117 Å². The van der Waals surface area contributed by atoms with Gasteiger partial charge in [0.25, 0.3) is 0 Å². The second-order valence-corrected chi connectivity index (χ2v) is 5.77. The van der Waals surface area contributed by atoms with Crippen molar-refractivity contribution in [2.45, 2.75) is 13.5 Å². The molecule has 3 aromatic heterocycles. The number of aromatic amines is 1. The molecule has 0 atom stereocenters. The van der Waals surface area contributed by atoms with E-state index in [0.29, 0.717) is 23.8 Å². The molecule has 0 aliphatic carbocycles. The molecule has 3 aromatic rings. The summed E-state index contributed by atoms with van der Waals surface area (Å²) < 4.78 is 2.18. The molecule has 3 heterocycles. The van der Waals surface area contributed by atoms with E-state index < -0.39 is 0 Å². The molecule has 0 bridgehead atoms. The van der Waals surface area contributed by atoms with E-state index >= 15 is 0 Å². The molecule has 3 rings (SSSR count). The number of hydrogen-bond donors (Lipinski definition) is 2. The topological polar surface area (TPSA) is 75.1 Å². The molecule has 0 radical (unpaired) electrons. The normalized spacial score (nSPS) is 11.1. The number of nitrogens with one attached hydrogen (secondary N) is 2. The van der Waals surface area contributed by atoms with Gasteiger partial charge < -0.3 is 5.32 Å². The first kappa shape index (κ1) is 12.2. The van der Waals surface area contributed by atoms with Crippen LogP contribution in [0.5, 0.6) is 0 Å². The van der Waals surface area contributed by atoms with Crippen LogP contribution in [0.4, 0.5) is 5.82 Å². The van der Waals surface area contributed by atoms with Crippen molar-refractivity contribution in [3.8, 4) is 0 Å². The van der Waals surface area contributed by atoms with Crippen LogP contribution in [0.1, 0.15) is 10.7 Å². The predicted molar refractivity (Wildman–Crippen MR) is 75.0 cm³/mol. The number of aryl methyl sites for hydroxylation is 1. The molecule has 0 spiro atoms. The first-order valence-electron chi connectivity index (χ1n) is 5.56. The largest absolute Gasteiger partial charge is 0.365 e. The molecule has 0 saturated carbocycles. The van der Waals surface area contributed by atoms with Crippen molar-refractivity contribution in [3.05, 3.63) is 43.7 Å². The third kappa shape index (κ3) is 2.34. The number of hydrogen-bond acceptors (Lipinski definition) is 5. The number of fused-ring (bicyclic) bond motifs is 1. The Kier molecular flexibility index (Phi) is 3.00. The Morgan fingerprint density at radius 2 is 2.37 bits per heavy atom. The molecule has 0 saturated heterocycles. The maximum absolute atomic E-state index is 11.5. The second kappa shape index (κ2) is 4.67. The Morgan fingerprint density at radius 3 is 3.11 bits per heavy atom. The van der Waals surface area contributed by atoms with Gasteiger partial charge in [0.15, 0.2) is 5.65 Å². The van der Waals surface area contributed by atoms with Gasteiger partial charge in [-0.05, 0) is 19.1 Å². The van der Waals surface area contributed by atoms with E-state index in [1.165, 1.54) is 15.7 Å². The number of halogens is 1. The van der Waals surface area contributed by atoms with Crippen molar-refractivity contribution >= 4 is 34.4 Å². The van der Waals surface area contributed by atoms with E-state index in [1.807, 2.05) is 12.1 Å². The first-order chi connectivity index (χ1) is 9.13. The van der Waals surface area contributed by atoms with Gasteiger partial charge in [-0.25, -0.2) is 19.3 Å². The van der Waals surface area contributed by atoms with E-state index in [9.17, 15) is 4.79 Å². The summed E-state index contributed by atoms with van der Waals surface area (Å²) in [5, 5.41) is 9.51. The molecule has 0 aromatic carbocycles. The lowest BCUT2D eigenvalue weighted by Gasteiger charge is -2.05. The van der Waals surface area contributed by atoms with Crippen LogP contribution in [0.2, 0.25) is 4.34 Å². The molecule has 0 unspecified atom stereocenters. The van der Waals surface area contributed by atoms with Crippen molar-refractivity contribution in [2.75, 3.05) is 5.32 Å². The fraction of sp³-hybridized carbons (Fsp3) is 0.182. The number of thiophene rings is 1. The van der Waals surface area contributed by atoms with Crippen LogP contribution < -0.4 is 11.0 Å². The zero-order chi connectivity index (χ0) is 13.4. The van der Waals surface area contributed by atoms with Crippen molar-refractivity contribution < 1.29 is 0 Å². The molecule has 0 fully saturated rings. The molecule has 2 N–H and O–H groups in total. The van der Waals surface area contributed by atoms with Crippen molar-refractivity contribution in [3.63, 3.8) is 0 Å². The van der Waals surface area contributed by atoms with Gasteiger partial charge in [0.2, 0.25) is 0 Å². The highest BCUT2D eigenvalue weighted by atomic mass is 35.5. The van der Waals surface area contributed by atoms with Crippen molar-refractivity contribution in [1.29, 1.82) is 0 Å². The van der Waals surface area contributed by atoms with Gasteiger partial charge in [-0.1, -0.05) is 11.6 Å². The minimum atomic E-state index is -0.281. The van der Waals surface area contributed by atoms with E-state index in [0.717, 1.165) is 9.21 Å². The molecule has 0 amide bonds. The number of anilines is 1. The van der Waals surface area contributed by atoms with Gasteiger partial charge >= 0.3 is 5.69 Å². The summed E-state index contributed by atoms with van der Waals surface area (Å²) in [4.78, 5) is 16.9. The van der Waals surface area contributed by atoms with Crippen molar-refractivity contribution in [1.82, 2.24) is 19.6 Å². The summed E-state index contributed by atoms with van der Waals surface area (Å²) in [6.45, 7) is 2.39. The summed E-state index contributed by atoms with van der Waals surface area (Å²) in [7, 11) is 0. The third-order valence-corrected chi connectivity index (χ3v) is 3.87. The molecular formula is C11H10ClN5OS. The fourth-order valence-electron chi connectivity index (χ4n) is 1.81. The Morgan fingerprint density at radius 1 is 1.53 bits per heavy atom. The highest BCUT2D eigenvalue weighted by molar-refractivity contribution is 7.16. The van der Waals surface area contributed by atoms with Gasteiger partial charge in [-0.15, -0.1) is 11.3 Å². The highest BCUT2D eigenvalue weighted by Gasteiger charge is 2.07. The van der Waals surface area contributed by atoms with Gasteiger partial charge in [0, 0.05) is 10.9 Å². The predicted octanol–water partition coefficient (Wildman–Crippen LogP) is 2.05. The fourth-order valence-corrected chi connectivity index (χ4v) is 2.84. The molecule has 0 aliphatic rings. The van der Waals surface area contributed by atoms with Crippen LogP contribution in [0.25, 0.3) is 5.65 Å². The molecule has 19 heavy (non-hydrogen) atoms. The summed E-state index contributed by atoms with van der Waals surface area (Å²) in [5.74, 6) is 1.26. The zero-order valence-corrected chi connectivity index (χ0v) is 11.5. The van der Waals surface area contributed by atoms with Gasteiger partial charge in [-0.3, -0.25) is 0 Å². The number of nitrogens with zero attached hydrogens (tertiary/aromatic N) is 3. The van der Waals surface area contributed by atoms with E-state index in [2.05, 4.69) is 20.5 Å². The van der Waals surface area contributed by atoms with Crippen molar-refractivity contribution in [2.24, 2.45) is 0 Å². The van der Waals surface area contributed by atoms with Crippen LogP contribution in [0.3, 0.4) is 0 Å². The Hall–Kier alpha value is -1.86. The molecule has 0 aliphatic heterocycles. The average Bonchev–Trinajstić information content (AvgIpc) is 2.94. The van der Waals surface area contributed by atoms with E-state index in [1.54, 1.807) is 13.0 Å². The Balaban J connectivity index is 1.87.